The average molecular weight is 401 g/mol. The van der Waals surface area contributed by atoms with Crippen molar-refractivity contribution in [2.45, 2.75) is 6.54 Å². The van der Waals surface area contributed by atoms with Gasteiger partial charge in [0.2, 0.25) is 5.91 Å². The molecule has 3 aromatic rings. The van der Waals surface area contributed by atoms with Crippen LogP contribution >= 0.6 is 15.9 Å². The van der Waals surface area contributed by atoms with Crippen molar-refractivity contribution in [2.75, 3.05) is 5.32 Å². The first kappa shape index (κ1) is 16.9. The number of fused-ring (bicyclic) bond motifs is 1. The molecule has 0 aliphatic heterocycles. The number of carboxylic acid groups (broad SMARTS) is 1. The van der Waals surface area contributed by atoms with Crippen LogP contribution in [-0.4, -0.2) is 21.6 Å². The molecule has 0 saturated heterocycles. The summed E-state index contributed by atoms with van der Waals surface area (Å²) in [7, 11) is 0. The van der Waals surface area contributed by atoms with Crippen molar-refractivity contribution in [3.63, 3.8) is 0 Å². The number of rotatable bonds is 4. The lowest BCUT2D eigenvalue weighted by Crippen LogP contribution is -2.28. The van der Waals surface area contributed by atoms with Crippen molar-refractivity contribution < 1.29 is 14.7 Å². The van der Waals surface area contributed by atoms with E-state index in [1.807, 2.05) is 0 Å². The molecule has 2 aromatic carbocycles. The van der Waals surface area contributed by atoms with Crippen molar-refractivity contribution in [1.29, 1.82) is 0 Å². The third-order valence-corrected chi connectivity index (χ3v) is 4.21. The lowest BCUT2D eigenvalue weighted by atomic mass is 10.1. The standard InChI is InChI=1S/C18H13BrN2O4/c19-11-5-7-12(8-6-11)20-16(22)10-21-15-4-2-1-3-13(15)14(18(24)25)9-17(21)23/h1-9H,10H2,(H,20,22)(H,24,25). The molecule has 0 unspecified atom stereocenters. The number of aromatic carboxylic acids is 1. The highest BCUT2D eigenvalue weighted by Gasteiger charge is 2.15. The molecule has 0 aliphatic carbocycles. The SMILES string of the molecule is O=C(Cn1c(=O)cc(C(=O)O)c2ccccc21)Nc1ccc(Br)cc1. The zero-order chi connectivity index (χ0) is 18.0. The predicted molar refractivity (Wildman–Crippen MR) is 97.9 cm³/mol. The van der Waals surface area contributed by atoms with Gasteiger partial charge in [0.15, 0.2) is 0 Å². The molecule has 2 N–H and O–H groups in total. The second-order valence-corrected chi connectivity index (χ2v) is 6.28. The average Bonchev–Trinajstić information content (AvgIpc) is 2.59. The van der Waals surface area contributed by atoms with Gasteiger partial charge in [0.05, 0.1) is 11.1 Å². The Hall–Kier alpha value is -2.93. The summed E-state index contributed by atoms with van der Waals surface area (Å²) in [5.41, 5.74) is 0.387. The van der Waals surface area contributed by atoms with E-state index in [1.54, 1.807) is 48.5 Å². The van der Waals surface area contributed by atoms with Crippen molar-refractivity contribution in [3.05, 3.63) is 75.0 Å². The van der Waals surface area contributed by atoms with Crippen LogP contribution in [0.5, 0.6) is 0 Å². The molecule has 7 heteroatoms. The monoisotopic (exact) mass is 400 g/mol. The Bertz CT molecular complexity index is 1030. The molecule has 1 heterocycles. The number of carbonyl (C=O) groups is 2. The molecule has 0 bridgehead atoms. The van der Waals surface area contributed by atoms with Crippen LogP contribution in [0.15, 0.2) is 63.9 Å². The largest absolute Gasteiger partial charge is 0.478 e. The molecule has 25 heavy (non-hydrogen) atoms. The Morgan fingerprint density at radius 1 is 1.08 bits per heavy atom. The van der Waals surface area contributed by atoms with E-state index in [2.05, 4.69) is 21.2 Å². The highest BCUT2D eigenvalue weighted by molar-refractivity contribution is 9.10. The van der Waals surface area contributed by atoms with E-state index in [0.717, 1.165) is 10.5 Å². The molecule has 126 valence electrons. The number of anilines is 1. The van der Waals surface area contributed by atoms with E-state index in [-0.39, 0.29) is 18.0 Å². The Morgan fingerprint density at radius 2 is 1.76 bits per heavy atom. The number of halogens is 1. The quantitative estimate of drug-likeness (QED) is 0.703. The molecule has 0 saturated carbocycles. The first-order valence-corrected chi connectivity index (χ1v) is 8.16. The van der Waals surface area contributed by atoms with Gasteiger partial charge in [-0.2, -0.15) is 0 Å². The van der Waals surface area contributed by atoms with E-state index >= 15 is 0 Å². The topological polar surface area (TPSA) is 88.4 Å². The number of carbonyl (C=O) groups excluding carboxylic acids is 1. The molecular weight excluding hydrogens is 388 g/mol. The summed E-state index contributed by atoms with van der Waals surface area (Å²) < 4.78 is 2.15. The van der Waals surface area contributed by atoms with Crippen molar-refractivity contribution in [1.82, 2.24) is 4.57 Å². The minimum absolute atomic E-state index is 0.0785. The minimum atomic E-state index is -1.18. The van der Waals surface area contributed by atoms with Gasteiger partial charge in [-0.05, 0) is 30.3 Å². The number of hydrogen-bond acceptors (Lipinski definition) is 3. The van der Waals surface area contributed by atoms with E-state index in [4.69, 9.17) is 0 Å². The highest BCUT2D eigenvalue weighted by Crippen LogP contribution is 2.18. The van der Waals surface area contributed by atoms with Gasteiger partial charge in [0.1, 0.15) is 6.54 Å². The lowest BCUT2D eigenvalue weighted by molar-refractivity contribution is -0.116. The summed E-state index contributed by atoms with van der Waals surface area (Å²) in [5, 5.41) is 12.4. The van der Waals surface area contributed by atoms with Crippen LogP contribution in [0.4, 0.5) is 5.69 Å². The first-order chi connectivity index (χ1) is 12.0. The fourth-order valence-electron chi connectivity index (χ4n) is 2.55. The van der Waals surface area contributed by atoms with Crippen LogP contribution in [0.25, 0.3) is 10.9 Å². The zero-order valence-electron chi connectivity index (χ0n) is 12.9. The number of carboxylic acids is 1. The summed E-state index contributed by atoms with van der Waals surface area (Å²) in [4.78, 5) is 35.9. The number of nitrogens with zero attached hydrogens (tertiary/aromatic N) is 1. The molecule has 0 spiro atoms. The number of pyridine rings is 1. The number of aromatic nitrogens is 1. The molecule has 0 fully saturated rings. The lowest BCUT2D eigenvalue weighted by Gasteiger charge is -2.12. The number of benzene rings is 2. The normalized spacial score (nSPS) is 10.6. The van der Waals surface area contributed by atoms with E-state index < -0.39 is 11.5 Å². The molecule has 0 atom stereocenters. The van der Waals surface area contributed by atoms with Crippen LogP contribution in [0.2, 0.25) is 0 Å². The van der Waals surface area contributed by atoms with Gasteiger partial charge in [0.25, 0.3) is 5.56 Å². The van der Waals surface area contributed by atoms with Gasteiger partial charge >= 0.3 is 5.97 Å². The van der Waals surface area contributed by atoms with Gasteiger partial charge in [-0.15, -0.1) is 0 Å². The maximum atomic E-state index is 12.3. The number of nitrogens with one attached hydrogen (secondary N) is 1. The number of hydrogen-bond donors (Lipinski definition) is 2. The maximum absolute atomic E-state index is 12.3. The van der Waals surface area contributed by atoms with Crippen molar-refractivity contribution in [2.24, 2.45) is 0 Å². The predicted octanol–water partition coefficient (Wildman–Crippen LogP) is 3.10. The van der Waals surface area contributed by atoms with Gasteiger partial charge in [-0.3, -0.25) is 14.2 Å². The van der Waals surface area contributed by atoms with Gasteiger partial charge in [-0.1, -0.05) is 34.1 Å². The van der Waals surface area contributed by atoms with Crippen LogP contribution in [-0.2, 0) is 11.3 Å². The molecule has 0 radical (unpaired) electrons. The fraction of sp³-hybridized carbons (Fsp3) is 0.0556. The molecule has 6 nitrogen and oxygen atoms in total. The Morgan fingerprint density at radius 3 is 2.44 bits per heavy atom. The Labute approximate surface area is 150 Å². The smallest absolute Gasteiger partial charge is 0.336 e. The minimum Gasteiger partial charge on any atom is -0.478 e. The second-order valence-electron chi connectivity index (χ2n) is 5.36. The van der Waals surface area contributed by atoms with Gasteiger partial charge < -0.3 is 10.4 Å². The summed E-state index contributed by atoms with van der Waals surface area (Å²) in [6.45, 7) is -0.213. The summed E-state index contributed by atoms with van der Waals surface area (Å²) in [5.74, 6) is -1.56. The fourth-order valence-corrected chi connectivity index (χ4v) is 2.82. The van der Waals surface area contributed by atoms with Crippen molar-refractivity contribution >= 4 is 44.4 Å². The van der Waals surface area contributed by atoms with Gasteiger partial charge in [0, 0.05) is 21.6 Å². The van der Waals surface area contributed by atoms with E-state index in [0.29, 0.717) is 16.6 Å². The molecule has 0 aliphatic rings. The maximum Gasteiger partial charge on any atom is 0.336 e. The van der Waals surface area contributed by atoms with Gasteiger partial charge in [-0.25, -0.2) is 4.79 Å². The van der Waals surface area contributed by atoms with E-state index in [1.165, 1.54) is 4.57 Å². The summed E-state index contributed by atoms with van der Waals surface area (Å²) in [6, 6.07) is 14.7. The molecular formula is C18H13BrN2O4. The summed E-state index contributed by atoms with van der Waals surface area (Å²) in [6.07, 6.45) is 0. The molecule has 1 aromatic heterocycles. The van der Waals surface area contributed by atoms with Crippen molar-refractivity contribution in [3.8, 4) is 0 Å². The molecule has 1 amide bonds. The van der Waals surface area contributed by atoms with Crippen LogP contribution in [0, 0.1) is 0 Å². The first-order valence-electron chi connectivity index (χ1n) is 7.37. The number of para-hydroxylation sites is 1. The molecule has 3 rings (SSSR count). The third-order valence-electron chi connectivity index (χ3n) is 3.68. The third kappa shape index (κ3) is 3.61. The van der Waals surface area contributed by atoms with Crippen LogP contribution in [0.3, 0.4) is 0 Å². The number of amides is 1. The second kappa shape index (κ2) is 6.90. The zero-order valence-corrected chi connectivity index (χ0v) is 14.5. The Kier molecular flexibility index (Phi) is 4.67. The van der Waals surface area contributed by atoms with Crippen LogP contribution in [0.1, 0.15) is 10.4 Å². The van der Waals surface area contributed by atoms with E-state index in [9.17, 15) is 19.5 Å². The highest BCUT2D eigenvalue weighted by atomic mass is 79.9. The Balaban J connectivity index is 1.96. The van der Waals surface area contributed by atoms with Crippen LogP contribution < -0.4 is 10.9 Å². The summed E-state index contributed by atoms with van der Waals surface area (Å²) >= 11 is 3.31.